The Balaban J connectivity index is 1.92. The molecule has 3 rings (SSSR count). The quantitative estimate of drug-likeness (QED) is 0.848. The first kappa shape index (κ1) is 13.1. The van der Waals surface area contributed by atoms with Crippen molar-refractivity contribution < 1.29 is 4.79 Å². The standard InChI is InChI=1S/C13H14ClN5O/c14-12-5-4-10(19-9-15-16-17-19)8-11(12)13(20)18-6-2-1-3-7-18/h4-5,8-9H,1-3,6-7H2. The molecule has 0 spiro atoms. The molecular weight excluding hydrogens is 278 g/mol. The van der Waals surface area contributed by atoms with Crippen LogP contribution in [0.25, 0.3) is 5.69 Å². The summed E-state index contributed by atoms with van der Waals surface area (Å²) in [5.74, 6) is -0.0235. The van der Waals surface area contributed by atoms with Crippen molar-refractivity contribution in [2.24, 2.45) is 0 Å². The summed E-state index contributed by atoms with van der Waals surface area (Å²) < 4.78 is 1.50. The highest BCUT2D eigenvalue weighted by Crippen LogP contribution is 2.22. The minimum Gasteiger partial charge on any atom is -0.339 e. The van der Waals surface area contributed by atoms with Gasteiger partial charge in [0.05, 0.1) is 16.3 Å². The Morgan fingerprint density at radius 3 is 2.70 bits per heavy atom. The second kappa shape index (κ2) is 5.58. The number of benzene rings is 1. The third-order valence-corrected chi connectivity index (χ3v) is 3.77. The molecule has 1 saturated heterocycles. The van der Waals surface area contributed by atoms with Gasteiger partial charge in [-0.25, -0.2) is 4.68 Å². The topological polar surface area (TPSA) is 63.9 Å². The molecule has 1 aromatic heterocycles. The monoisotopic (exact) mass is 291 g/mol. The predicted octanol–water partition coefficient (Wildman–Crippen LogP) is 1.94. The summed E-state index contributed by atoms with van der Waals surface area (Å²) in [7, 11) is 0. The molecule has 0 atom stereocenters. The van der Waals surface area contributed by atoms with Gasteiger partial charge in [0.25, 0.3) is 5.91 Å². The van der Waals surface area contributed by atoms with E-state index in [0.29, 0.717) is 10.6 Å². The maximum atomic E-state index is 12.5. The van der Waals surface area contributed by atoms with Crippen LogP contribution >= 0.6 is 11.6 Å². The lowest BCUT2D eigenvalue weighted by atomic mass is 10.1. The molecule has 6 nitrogen and oxygen atoms in total. The molecule has 1 aromatic carbocycles. The van der Waals surface area contributed by atoms with Crippen molar-refractivity contribution in [1.29, 1.82) is 0 Å². The summed E-state index contributed by atoms with van der Waals surface area (Å²) >= 11 is 6.16. The lowest BCUT2D eigenvalue weighted by molar-refractivity contribution is 0.0724. The second-order valence-corrected chi connectivity index (χ2v) is 5.18. The Morgan fingerprint density at radius 1 is 1.20 bits per heavy atom. The second-order valence-electron chi connectivity index (χ2n) is 4.77. The fourth-order valence-electron chi connectivity index (χ4n) is 2.37. The van der Waals surface area contributed by atoms with Gasteiger partial charge in [0.2, 0.25) is 0 Å². The Morgan fingerprint density at radius 2 is 2.00 bits per heavy atom. The maximum absolute atomic E-state index is 12.5. The molecule has 1 aliphatic heterocycles. The van der Waals surface area contributed by atoms with Crippen molar-refractivity contribution >= 4 is 17.5 Å². The normalized spacial score (nSPS) is 15.3. The third kappa shape index (κ3) is 2.51. The van der Waals surface area contributed by atoms with Gasteiger partial charge in [-0.1, -0.05) is 11.6 Å². The fourth-order valence-corrected chi connectivity index (χ4v) is 2.56. The van der Waals surface area contributed by atoms with E-state index in [4.69, 9.17) is 11.6 Å². The van der Waals surface area contributed by atoms with Crippen LogP contribution in [-0.2, 0) is 0 Å². The summed E-state index contributed by atoms with van der Waals surface area (Å²) in [4.78, 5) is 14.4. The van der Waals surface area contributed by atoms with E-state index in [1.807, 2.05) is 4.90 Å². The molecule has 0 radical (unpaired) electrons. The largest absolute Gasteiger partial charge is 0.339 e. The highest BCUT2D eigenvalue weighted by atomic mass is 35.5. The van der Waals surface area contributed by atoms with Gasteiger partial charge in [0, 0.05) is 13.1 Å². The average Bonchev–Trinajstić information content (AvgIpc) is 3.02. The molecule has 104 valence electrons. The van der Waals surface area contributed by atoms with Crippen LogP contribution in [0.2, 0.25) is 5.02 Å². The van der Waals surface area contributed by atoms with Gasteiger partial charge >= 0.3 is 0 Å². The third-order valence-electron chi connectivity index (χ3n) is 3.44. The molecule has 20 heavy (non-hydrogen) atoms. The number of aromatic nitrogens is 4. The molecule has 1 aliphatic rings. The molecule has 1 fully saturated rings. The van der Waals surface area contributed by atoms with Crippen molar-refractivity contribution in [1.82, 2.24) is 25.1 Å². The number of carbonyl (C=O) groups is 1. The number of likely N-dealkylation sites (tertiary alicyclic amines) is 1. The Labute approximate surface area is 121 Å². The van der Waals surface area contributed by atoms with Crippen molar-refractivity contribution in [2.75, 3.05) is 13.1 Å². The smallest absolute Gasteiger partial charge is 0.255 e. The number of hydrogen-bond donors (Lipinski definition) is 0. The zero-order chi connectivity index (χ0) is 13.9. The first-order valence-corrected chi connectivity index (χ1v) is 6.96. The van der Waals surface area contributed by atoms with Crippen molar-refractivity contribution in [2.45, 2.75) is 19.3 Å². The van der Waals surface area contributed by atoms with Crippen molar-refractivity contribution in [3.05, 3.63) is 35.1 Å². The molecule has 1 amide bonds. The van der Waals surface area contributed by atoms with Gasteiger partial charge in [-0.2, -0.15) is 0 Å². The van der Waals surface area contributed by atoms with E-state index in [1.54, 1.807) is 18.2 Å². The van der Waals surface area contributed by atoms with Crippen molar-refractivity contribution in [3.63, 3.8) is 0 Å². The average molecular weight is 292 g/mol. The van der Waals surface area contributed by atoms with Crippen molar-refractivity contribution in [3.8, 4) is 5.69 Å². The molecule has 0 saturated carbocycles. The lowest BCUT2D eigenvalue weighted by Gasteiger charge is -2.27. The highest BCUT2D eigenvalue weighted by Gasteiger charge is 2.21. The van der Waals surface area contributed by atoms with Gasteiger partial charge in [-0.15, -0.1) is 5.10 Å². The summed E-state index contributed by atoms with van der Waals surface area (Å²) in [5.41, 5.74) is 1.22. The number of rotatable bonds is 2. The van der Waals surface area contributed by atoms with Crippen LogP contribution in [0, 0.1) is 0 Å². The molecule has 7 heteroatoms. The van der Waals surface area contributed by atoms with E-state index in [0.717, 1.165) is 31.6 Å². The van der Waals surface area contributed by atoms with Crippen LogP contribution in [0.15, 0.2) is 24.5 Å². The number of hydrogen-bond acceptors (Lipinski definition) is 4. The molecule has 0 N–H and O–H groups in total. The van der Waals surface area contributed by atoms with Gasteiger partial charge in [-0.05, 0) is 47.9 Å². The molecule has 2 aromatic rings. The van der Waals surface area contributed by atoms with Crippen LogP contribution in [-0.4, -0.2) is 44.1 Å². The Hall–Kier alpha value is -1.95. The lowest BCUT2D eigenvalue weighted by Crippen LogP contribution is -2.35. The van der Waals surface area contributed by atoms with E-state index in [1.165, 1.54) is 17.4 Å². The summed E-state index contributed by atoms with van der Waals surface area (Å²) in [6, 6.07) is 5.22. The number of amides is 1. The minimum atomic E-state index is -0.0235. The van der Waals surface area contributed by atoms with Gasteiger partial charge in [0.1, 0.15) is 6.33 Å². The maximum Gasteiger partial charge on any atom is 0.255 e. The van der Waals surface area contributed by atoms with Crippen LogP contribution in [0.1, 0.15) is 29.6 Å². The first-order chi connectivity index (χ1) is 9.75. The molecule has 0 unspecified atom stereocenters. The van der Waals surface area contributed by atoms with Crippen LogP contribution in [0.5, 0.6) is 0 Å². The number of nitrogens with zero attached hydrogens (tertiary/aromatic N) is 5. The van der Waals surface area contributed by atoms with Crippen LogP contribution in [0.3, 0.4) is 0 Å². The Bertz CT molecular complexity index is 607. The zero-order valence-electron chi connectivity index (χ0n) is 10.9. The van der Waals surface area contributed by atoms with E-state index < -0.39 is 0 Å². The first-order valence-electron chi connectivity index (χ1n) is 6.58. The molecular formula is C13H14ClN5O. The number of carbonyl (C=O) groups excluding carboxylic acids is 1. The van der Waals surface area contributed by atoms with Crippen LogP contribution < -0.4 is 0 Å². The summed E-state index contributed by atoms with van der Waals surface area (Å²) in [6.07, 6.45) is 4.77. The van der Waals surface area contributed by atoms with E-state index in [9.17, 15) is 4.79 Å². The SMILES string of the molecule is O=C(c1cc(-n2cnnn2)ccc1Cl)N1CCCCC1. The molecule has 2 heterocycles. The van der Waals surface area contributed by atoms with E-state index in [-0.39, 0.29) is 5.91 Å². The summed E-state index contributed by atoms with van der Waals surface area (Å²) in [6.45, 7) is 1.59. The minimum absolute atomic E-state index is 0.0235. The molecule has 0 aliphatic carbocycles. The van der Waals surface area contributed by atoms with Gasteiger partial charge in [-0.3, -0.25) is 4.79 Å². The number of tetrazole rings is 1. The van der Waals surface area contributed by atoms with E-state index in [2.05, 4.69) is 15.5 Å². The fraction of sp³-hybridized carbons (Fsp3) is 0.385. The Kier molecular flexibility index (Phi) is 3.64. The van der Waals surface area contributed by atoms with Gasteiger partial charge < -0.3 is 4.90 Å². The van der Waals surface area contributed by atoms with Gasteiger partial charge in [0.15, 0.2) is 0 Å². The summed E-state index contributed by atoms with van der Waals surface area (Å²) in [5, 5.41) is 11.5. The number of halogens is 1. The zero-order valence-corrected chi connectivity index (χ0v) is 11.6. The predicted molar refractivity (Wildman–Crippen MR) is 73.9 cm³/mol. The van der Waals surface area contributed by atoms with E-state index >= 15 is 0 Å². The number of piperidine rings is 1. The molecule has 0 bridgehead atoms. The highest BCUT2D eigenvalue weighted by molar-refractivity contribution is 6.33. The van der Waals surface area contributed by atoms with Crippen LogP contribution in [0.4, 0.5) is 0 Å².